The zero-order chi connectivity index (χ0) is 19.5. The Balaban J connectivity index is 1.41. The van der Waals surface area contributed by atoms with Crippen LogP contribution in [-0.4, -0.2) is 54.1 Å². The van der Waals surface area contributed by atoms with Crippen LogP contribution in [0.15, 0.2) is 41.9 Å². The maximum absolute atomic E-state index is 4.57. The number of piperidine rings is 1. The lowest BCUT2D eigenvalue weighted by molar-refractivity contribution is 0.189. The molecule has 0 aliphatic carbocycles. The Morgan fingerprint density at radius 2 is 2.21 bits per heavy atom. The highest BCUT2D eigenvalue weighted by molar-refractivity contribution is 5.80. The van der Waals surface area contributed by atoms with Crippen LogP contribution in [0.5, 0.6) is 0 Å². The van der Waals surface area contributed by atoms with Gasteiger partial charge in [-0.25, -0.2) is 4.98 Å². The lowest BCUT2D eigenvalue weighted by Crippen LogP contribution is -2.48. The molecule has 0 spiro atoms. The number of rotatable bonds is 3. The number of imidazole rings is 1. The lowest BCUT2D eigenvalue weighted by atomic mass is 9.93. The van der Waals surface area contributed by atoms with Crippen LogP contribution in [0.1, 0.15) is 36.9 Å². The van der Waals surface area contributed by atoms with Gasteiger partial charge in [0.15, 0.2) is 5.96 Å². The lowest BCUT2D eigenvalue weighted by Gasteiger charge is -2.39. The molecule has 1 aromatic carbocycles. The van der Waals surface area contributed by atoms with Crippen molar-refractivity contribution in [3.63, 3.8) is 0 Å². The molecule has 2 aliphatic rings. The molecule has 0 bridgehead atoms. The number of likely N-dealkylation sites (tertiary alicyclic amines) is 1. The van der Waals surface area contributed by atoms with Crippen molar-refractivity contribution in [2.45, 2.75) is 38.8 Å². The molecule has 6 heteroatoms. The number of anilines is 1. The summed E-state index contributed by atoms with van der Waals surface area (Å²) < 4.78 is 2.24. The van der Waals surface area contributed by atoms with Crippen molar-refractivity contribution in [2.75, 3.05) is 38.6 Å². The number of hydrogen-bond donors (Lipinski definition) is 1. The number of benzene rings is 1. The van der Waals surface area contributed by atoms with Crippen LogP contribution in [0.2, 0.25) is 0 Å². The normalized spacial score (nSPS) is 22.9. The zero-order valence-corrected chi connectivity index (χ0v) is 17.3. The highest BCUT2D eigenvalue weighted by Crippen LogP contribution is 2.28. The number of aliphatic imine (C=N–C) groups is 1. The molecule has 1 N–H and O–H groups in total. The van der Waals surface area contributed by atoms with E-state index in [2.05, 4.69) is 68.0 Å². The van der Waals surface area contributed by atoms with Crippen LogP contribution in [0, 0.1) is 5.92 Å². The van der Waals surface area contributed by atoms with Gasteiger partial charge < -0.3 is 19.7 Å². The Morgan fingerprint density at radius 1 is 1.32 bits per heavy atom. The summed E-state index contributed by atoms with van der Waals surface area (Å²) in [4.78, 5) is 13.5. The number of fused-ring (bicyclic) bond motifs is 1. The largest absolute Gasteiger partial charge is 0.374 e. The van der Waals surface area contributed by atoms with E-state index >= 15 is 0 Å². The van der Waals surface area contributed by atoms with Gasteiger partial charge in [-0.05, 0) is 42.4 Å². The van der Waals surface area contributed by atoms with Crippen molar-refractivity contribution in [3.8, 4) is 0 Å². The Bertz CT molecular complexity index is 812. The third-order valence-corrected chi connectivity index (χ3v) is 6.28. The minimum Gasteiger partial charge on any atom is -0.374 e. The number of hydrogen-bond acceptors (Lipinski definition) is 3. The van der Waals surface area contributed by atoms with Gasteiger partial charge in [-0.1, -0.05) is 19.1 Å². The molecule has 6 nitrogen and oxygen atoms in total. The second-order valence-corrected chi connectivity index (χ2v) is 8.18. The second kappa shape index (κ2) is 8.25. The Kier molecular flexibility index (Phi) is 5.55. The van der Waals surface area contributed by atoms with Crippen LogP contribution >= 0.6 is 0 Å². The van der Waals surface area contributed by atoms with E-state index in [1.54, 1.807) is 0 Å². The Labute approximate surface area is 168 Å². The van der Waals surface area contributed by atoms with Gasteiger partial charge in [0, 0.05) is 58.4 Å². The van der Waals surface area contributed by atoms with E-state index in [1.807, 2.05) is 19.6 Å². The molecule has 150 valence electrons. The maximum Gasteiger partial charge on any atom is 0.193 e. The molecule has 0 radical (unpaired) electrons. The molecular weight excluding hydrogens is 348 g/mol. The van der Waals surface area contributed by atoms with Crippen LogP contribution in [-0.2, 0) is 13.0 Å². The minimum absolute atomic E-state index is 0.439. The predicted octanol–water partition coefficient (Wildman–Crippen LogP) is 2.92. The SMILES string of the molecule is CN=C(NCc1ccc2c(c1)CCCN2C)N1CCC(C)C(n2ccnc2)C1. The third kappa shape index (κ3) is 3.86. The summed E-state index contributed by atoms with van der Waals surface area (Å²) in [7, 11) is 4.07. The van der Waals surface area contributed by atoms with Crippen molar-refractivity contribution >= 4 is 11.6 Å². The second-order valence-electron chi connectivity index (χ2n) is 8.18. The van der Waals surface area contributed by atoms with Gasteiger partial charge in [0.25, 0.3) is 0 Å². The van der Waals surface area contributed by atoms with Crippen molar-refractivity contribution in [2.24, 2.45) is 10.9 Å². The number of aryl methyl sites for hydroxylation is 1. The molecule has 2 unspecified atom stereocenters. The first-order valence-corrected chi connectivity index (χ1v) is 10.4. The summed E-state index contributed by atoms with van der Waals surface area (Å²) in [5.74, 6) is 1.63. The summed E-state index contributed by atoms with van der Waals surface area (Å²) in [6.07, 6.45) is 9.46. The molecule has 28 heavy (non-hydrogen) atoms. The number of aromatic nitrogens is 2. The number of nitrogens with one attached hydrogen (secondary N) is 1. The fourth-order valence-electron chi connectivity index (χ4n) is 4.56. The molecule has 0 saturated carbocycles. The smallest absolute Gasteiger partial charge is 0.193 e. The molecular formula is C22H32N6. The fourth-order valence-corrected chi connectivity index (χ4v) is 4.56. The van der Waals surface area contributed by atoms with Gasteiger partial charge >= 0.3 is 0 Å². The van der Waals surface area contributed by atoms with Crippen LogP contribution < -0.4 is 10.2 Å². The first kappa shape index (κ1) is 18.8. The highest BCUT2D eigenvalue weighted by atomic mass is 15.3. The molecule has 0 amide bonds. The van der Waals surface area contributed by atoms with Gasteiger partial charge in [0.05, 0.1) is 12.4 Å². The summed E-state index contributed by atoms with van der Waals surface area (Å²) in [6.45, 7) is 6.31. The standard InChI is InChI=1S/C22H32N6/c1-17-8-11-27(15-21(17)28-12-9-24-16-28)22(23-2)25-14-18-6-7-20-19(13-18)5-4-10-26(20)3/h6-7,9,12-13,16-17,21H,4-5,8,10-11,14-15H2,1-3H3,(H,23,25). The monoisotopic (exact) mass is 380 g/mol. The van der Waals surface area contributed by atoms with Crippen LogP contribution in [0.25, 0.3) is 0 Å². The highest BCUT2D eigenvalue weighted by Gasteiger charge is 2.28. The van der Waals surface area contributed by atoms with E-state index < -0.39 is 0 Å². The average molecular weight is 381 g/mol. The summed E-state index contributed by atoms with van der Waals surface area (Å²) in [5, 5.41) is 3.59. The first-order valence-electron chi connectivity index (χ1n) is 10.4. The van der Waals surface area contributed by atoms with Crippen LogP contribution in [0.4, 0.5) is 5.69 Å². The van der Waals surface area contributed by atoms with E-state index in [-0.39, 0.29) is 0 Å². The number of nitrogens with zero attached hydrogens (tertiary/aromatic N) is 5. The third-order valence-electron chi connectivity index (χ3n) is 6.28. The van der Waals surface area contributed by atoms with Crippen molar-refractivity contribution in [3.05, 3.63) is 48.0 Å². The molecule has 1 aromatic heterocycles. The Morgan fingerprint density at radius 3 is 3.00 bits per heavy atom. The summed E-state index contributed by atoms with van der Waals surface area (Å²) >= 11 is 0. The van der Waals surface area contributed by atoms with Crippen LogP contribution in [0.3, 0.4) is 0 Å². The molecule has 2 atom stereocenters. The van der Waals surface area contributed by atoms with Gasteiger partial charge in [-0.15, -0.1) is 0 Å². The zero-order valence-electron chi connectivity index (χ0n) is 17.3. The predicted molar refractivity (Wildman–Crippen MR) is 115 cm³/mol. The summed E-state index contributed by atoms with van der Waals surface area (Å²) in [6, 6.07) is 7.31. The van der Waals surface area contributed by atoms with Crippen molar-refractivity contribution in [1.29, 1.82) is 0 Å². The molecule has 2 aliphatic heterocycles. The molecule has 1 fully saturated rings. The van der Waals surface area contributed by atoms with E-state index in [0.29, 0.717) is 12.0 Å². The number of guanidine groups is 1. The quantitative estimate of drug-likeness (QED) is 0.657. The topological polar surface area (TPSA) is 48.7 Å². The van der Waals surface area contributed by atoms with E-state index in [9.17, 15) is 0 Å². The maximum atomic E-state index is 4.57. The van der Waals surface area contributed by atoms with Gasteiger partial charge in [0.2, 0.25) is 0 Å². The van der Waals surface area contributed by atoms with Gasteiger partial charge in [-0.2, -0.15) is 0 Å². The minimum atomic E-state index is 0.439. The van der Waals surface area contributed by atoms with E-state index in [0.717, 1.165) is 38.6 Å². The van der Waals surface area contributed by atoms with Crippen molar-refractivity contribution in [1.82, 2.24) is 19.8 Å². The van der Waals surface area contributed by atoms with Gasteiger partial charge in [0.1, 0.15) is 0 Å². The summed E-state index contributed by atoms with van der Waals surface area (Å²) in [5.41, 5.74) is 4.18. The fraction of sp³-hybridized carbons (Fsp3) is 0.545. The van der Waals surface area contributed by atoms with Gasteiger partial charge in [-0.3, -0.25) is 4.99 Å². The van der Waals surface area contributed by atoms with E-state index in [4.69, 9.17) is 0 Å². The molecule has 3 heterocycles. The Hall–Kier alpha value is -2.50. The molecule has 1 saturated heterocycles. The van der Waals surface area contributed by atoms with E-state index in [1.165, 1.54) is 29.7 Å². The average Bonchev–Trinajstić information content (AvgIpc) is 3.24. The van der Waals surface area contributed by atoms with Crippen molar-refractivity contribution < 1.29 is 0 Å². The first-order chi connectivity index (χ1) is 13.7. The molecule has 4 rings (SSSR count). The molecule has 2 aromatic rings.